The fraction of sp³-hybridized carbons (Fsp3) is 0.333. The number of nitrogens with one attached hydrogen (secondary N) is 2. The van der Waals surface area contributed by atoms with Crippen molar-refractivity contribution in [2.75, 3.05) is 6.61 Å². The minimum absolute atomic E-state index is 0.0121. The van der Waals surface area contributed by atoms with E-state index in [-0.39, 0.29) is 18.2 Å². The number of pyridine rings is 1. The van der Waals surface area contributed by atoms with E-state index in [4.69, 9.17) is 0 Å². The summed E-state index contributed by atoms with van der Waals surface area (Å²) in [5, 5.41) is 5.10. The molecule has 0 aliphatic heterocycles. The van der Waals surface area contributed by atoms with E-state index in [0.717, 1.165) is 12.1 Å². The van der Waals surface area contributed by atoms with E-state index in [1.807, 2.05) is 0 Å². The van der Waals surface area contributed by atoms with Crippen LogP contribution in [0.5, 0.6) is 11.6 Å². The van der Waals surface area contributed by atoms with Crippen molar-refractivity contribution in [1.29, 1.82) is 0 Å². The van der Waals surface area contributed by atoms with Gasteiger partial charge in [-0.2, -0.15) is 13.2 Å². The summed E-state index contributed by atoms with van der Waals surface area (Å²) in [6, 6.07) is 6.62. The molecule has 0 radical (unpaired) electrons. The summed E-state index contributed by atoms with van der Waals surface area (Å²) < 4.78 is 81.3. The molecular weight excluding hydrogens is 420 g/mol. The van der Waals surface area contributed by atoms with Crippen LogP contribution in [0.25, 0.3) is 0 Å². The third-order valence-electron chi connectivity index (χ3n) is 3.60. The van der Waals surface area contributed by atoms with Crippen LogP contribution in [0, 0.1) is 0 Å². The molecule has 12 heteroatoms. The molecular formula is C18H17F6N3O3. The Hall–Kier alpha value is -3.18. The van der Waals surface area contributed by atoms with E-state index in [0.29, 0.717) is 11.1 Å². The lowest BCUT2D eigenvalue weighted by atomic mass is 10.1. The fourth-order valence-electron chi connectivity index (χ4n) is 2.27. The van der Waals surface area contributed by atoms with Gasteiger partial charge in [-0.1, -0.05) is 12.1 Å². The largest absolute Gasteiger partial charge is 0.573 e. The van der Waals surface area contributed by atoms with Gasteiger partial charge < -0.3 is 20.1 Å². The first-order valence-corrected chi connectivity index (χ1v) is 8.46. The van der Waals surface area contributed by atoms with Gasteiger partial charge in [-0.25, -0.2) is 9.78 Å². The Morgan fingerprint density at radius 1 is 1.10 bits per heavy atom. The summed E-state index contributed by atoms with van der Waals surface area (Å²) in [6.07, 6.45) is -8.05. The van der Waals surface area contributed by atoms with Crippen molar-refractivity contribution in [1.82, 2.24) is 15.6 Å². The molecule has 1 unspecified atom stereocenters. The Morgan fingerprint density at radius 3 is 2.37 bits per heavy atom. The highest BCUT2D eigenvalue weighted by molar-refractivity contribution is 5.74. The number of carbonyl (C=O) groups excluding carboxylic acids is 1. The first-order valence-electron chi connectivity index (χ1n) is 8.46. The van der Waals surface area contributed by atoms with Gasteiger partial charge in [-0.05, 0) is 36.2 Å². The minimum Gasteiger partial charge on any atom is -0.468 e. The second kappa shape index (κ2) is 9.55. The molecule has 0 fully saturated rings. The van der Waals surface area contributed by atoms with Crippen LogP contribution in [-0.2, 0) is 6.54 Å². The third-order valence-corrected chi connectivity index (χ3v) is 3.60. The van der Waals surface area contributed by atoms with Crippen LogP contribution in [0.15, 0.2) is 42.6 Å². The van der Waals surface area contributed by atoms with E-state index < -0.39 is 31.2 Å². The standard InChI is InChI=1S/C18H17F6N3O3/c1-11(13-2-4-14(5-3-13)30-18(22,23)24)27-16(28)26-9-12-6-7-25-15(8-12)29-10-17(19,20)21/h2-8,11H,9-10H2,1H3,(H2,26,27,28). The van der Waals surface area contributed by atoms with Gasteiger partial charge in [0.1, 0.15) is 5.75 Å². The lowest BCUT2D eigenvalue weighted by molar-refractivity contribution is -0.274. The summed E-state index contributed by atoms with van der Waals surface area (Å²) in [7, 11) is 0. The van der Waals surface area contributed by atoms with Crippen molar-refractivity contribution < 1.29 is 40.6 Å². The molecule has 0 saturated carbocycles. The lowest BCUT2D eigenvalue weighted by Gasteiger charge is -2.16. The molecule has 1 heterocycles. The number of hydrogen-bond donors (Lipinski definition) is 2. The van der Waals surface area contributed by atoms with Gasteiger partial charge in [0.2, 0.25) is 5.88 Å². The summed E-state index contributed by atoms with van der Waals surface area (Å²) in [6.45, 7) is 0.123. The number of urea groups is 1. The number of rotatable bonds is 7. The average Bonchev–Trinajstić information content (AvgIpc) is 2.64. The molecule has 0 aliphatic carbocycles. The zero-order valence-corrected chi connectivity index (χ0v) is 15.5. The van der Waals surface area contributed by atoms with Gasteiger partial charge in [0.15, 0.2) is 6.61 Å². The molecule has 0 bridgehead atoms. The number of nitrogens with zero attached hydrogens (tertiary/aromatic N) is 1. The van der Waals surface area contributed by atoms with Crippen LogP contribution in [-0.4, -0.2) is 30.2 Å². The number of benzene rings is 1. The number of carbonyl (C=O) groups is 1. The molecule has 0 aliphatic rings. The molecule has 164 valence electrons. The number of amides is 2. The fourth-order valence-corrected chi connectivity index (χ4v) is 2.27. The Balaban J connectivity index is 1.84. The molecule has 2 N–H and O–H groups in total. The van der Waals surface area contributed by atoms with E-state index in [1.54, 1.807) is 6.92 Å². The summed E-state index contributed by atoms with van der Waals surface area (Å²) in [4.78, 5) is 15.7. The number of halogens is 6. The molecule has 30 heavy (non-hydrogen) atoms. The zero-order valence-electron chi connectivity index (χ0n) is 15.5. The topological polar surface area (TPSA) is 72.5 Å². The maximum absolute atomic E-state index is 12.2. The molecule has 2 rings (SSSR count). The first kappa shape index (κ1) is 23.1. The Morgan fingerprint density at radius 2 is 1.77 bits per heavy atom. The molecule has 1 aromatic heterocycles. The third kappa shape index (κ3) is 8.45. The predicted molar refractivity (Wildman–Crippen MR) is 92.7 cm³/mol. The Labute approximate surface area is 167 Å². The second-order valence-corrected chi connectivity index (χ2v) is 6.07. The second-order valence-electron chi connectivity index (χ2n) is 6.07. The smallest absolute Gasteiger partial charge is 0.468 e. The van der Waals surface area contributed by atoms with Crippen LogP contribution in [0.2, 0.25) is 0 Å². The van der Waals surface area contributed by atoms with Crippen molar-refractivity contribution in [2.24, 2.45) is 0 Å². The van der Waals surface area contributed by atoms with Crippen molar-refractivity contribution >= 4 is 6.03 Å². The summed E-state index contributed by atoms with van der Waals surface area (Å²) >= 11 is 0. The van der Waals surface area contributed by atoms with E-state index in [1.165, 1.54) is 30.5 Å². The number of ether oxygens (including phenoxy) is 2. The highest BCUT2D eigenvalue weighted by Gasteiger charge is 2.31. The maximum atomic E-state index is 12.2. The number of aromatic nitrogens is 1. The van der Waals surface area contributed by atoms with Crippen LogP contribution < -0.4 is 20.1 Å². The lowest BCUT2D eigenvalue weighted by Crippen LogP contribution is -2.36. The van der Waals surface area contributed by atoms with Gasteiger partial charge in [-0.15, -0.1) is 13.2 Å². The highest BCUT2D eigenvalue weighted by atomic mass is 19.4. The van der Waals surface area contributed by atoms with E-state index in [9.17, 15) is 31.1 Å². The summed E-state index contributed by atoms with van der Waals surface area (Å²) in [5.41, 5.74) is 0.991. The van der Waals surface area contributed by atoms with E-state index in [2.05, 4.69) is 25.1 Å². The molecule has 0 saturated heterocycles. The van der Waals surface area contributed by atoms with Gasteiger partial charge >= 0.3 is 18.6 Å². The van der Waals surface area contributed by atoms with Crippen molar-refractivity contribution in [3.05, 3.63) is 53.7 Å². The Bertz CT molecular complexity index is 840. The van der Waals surface area contributed by atoms with Crippen molar-refractivity contribution in [3.63, 3.8) is 0 Å². The molecule has 1 atom stereocenters. The first-order chi connectivity index (χ1) is 13.9. The van der Waals surface area contributed by atoms with Crippen LogP contribution in [0.3, 0.4) is 0 Å². The van der Waals surface area contributed by atoms with Gasteiger partial charge in [0.25, 0.3) is 0 Å². The van der Waals surface area contributed by atoms with Gasteiger partial charge in [0.05, 0.1) is 6.04 Å². The predicted octanol–water partition coefficient (Wildman–Crippen LogP) is 4.48. The quantitative estimate of drug-likeness (QED) is 0.627. The maximum Gasteiger partial charge on any atom is 0.573 e. The normalized spacial score (nSPS) is 12.8. The monoisotopic (exact) mass is 437 g/mol. The SMILES string of the molecule is CC(NC(=O)NCc1ccnc(OCC(F)(F)F)c1)c1ccc(OC(F)(F)F)cc1. The highest BCUT2D eigenvalue weighted by Crippen LogP contribution is 2.24. The zero-order chi connectivity index (χ0) is 22.4. The van der Waals surface area contributed by atoms with Crippen LogP contribution in [0.1, 0.15) is 24.1 Å². The number of hydrogen-bond acceptors (Lipinski definition) is 4. The van der Waals surface area contributed by atoms with Gasteiger partial charge in [-0.3, -0.25) is 0 Å². The molecule has 2 amide bonds. The van der Waals surface area contributed by atoms with Crippen LogP contribution in [0.4, 0.5) is 31.1 Å². The molecule has 6 nitrogen and oxygen atoms in total. The van der Waals surface area contributed by atoms with Crippen LogP contribution >= 0.6 is 0 Å². The van der Waals surface area contributed by atoms with Crippen molar-refractivity contribution in [2.45, 2.75) is 32.0 Å². The van der Waals surface area contributed by atoms with E-state index >= 15 is 0 Å². The van der Waals surface area contributed by atoms with Crippen molar-refractivity contribution in [3.8, 4) is 11.6 Å². The summed E-state index contributed by atoms with van der Waals surface area (Å²) in [5.74, 6) is -0.620. The minimum atomic E-state index is -4.80. The van der Waals surface area contributed by atoms with Gasteiger partial charge in [0, 0.05) is 18.8 Å². The number of alkyl halides is 6. The molecule has 1 aromatic carbocycles. The molecule has 0 spiro atoms. The molecule has 2 aromatic rings. The average molecular weight is 437 g/mol. The Kier molecular flexibility index (Phi) is 7.35.